The van der Waals surface area contributed by atoms with E-state index >= 15 is 0 Å². The first-order valence-electron chi connectivity index (χ1n) is 5.74. The van der Waals surface area contributed by atoms with E-state index in [4.69, 9.17) is 15.2 Å². The first-order valence-corrected chi connectivity index (χ1v) is 5.74. The van der Waals surface area contributed by atoms with E-state index in [1.54, 1.807) is 12.4 Å². The number of nitrogens with zero attached hydrogens (tertiary/aromatic N) is 2. The van der Waals surface area contributed by atoms with Crippen molar-refractivity contribution in [2.75, 3.05) is 6.61 Å². The molecule has 0 amide bonds. The molecule has 5 nitrogen and oxygen atoms in total. The van der Waals surface area contributed by atoms with Gasteiger partial charge in [0.2, 0.25) is 5.88 Å². The fourth-order valence-corrected chi connectivity index (χ4v) is 1.46. The Morgan fingerprint density at radius 3 is 2.67 bits per heavy atom. The summed E-state index contributed by atoms with van der Waals surface area (Å²) in [6, 6.07) is 7.43. The van der Waals surface area contributed by atoms with Crippen LogP contribution in [0.15, 0.2) is 36.7 Å². The highest BCUT2D eigenvalue weighted by Crippen LogP contribution is 2.29. The van der Waals surface area contributed by atoms with Crippen LogP contribution in [0.3, 0.4) is 0 Å². The van der Waals surface area contributed by atoms with Gasteiger partial charge in [0.05, 0.1) is 18.5 Å². The molecule has 0 aliphatic heterocycles. The van der Waals surface area contributed by atoms with Crippen molar-refractivity contribution in [3.63, 3.8) is 0 Å². The van der Waals surface area contributed by atoms with E-state index < -0.39 is 0 Å². The number of benzene rings is 1. The number of rotatable bonds is 5. The van der Waals surface area contributed by atoms with Gasteiger partial charge in [-0.25, -0.2) is 4.98 Å². The first kappa shape index (κ1) is 12.3. The Kier molecular flexibility index (Phi) is 4.09. The number of nitrogens with two attached hydrogens (primary N) is 1. The second-order valence-corrected chi connectivity index (χ2v) is 3.53. The lowest BCUT2D eigenvalue weighted by atomic mass is 10.3. The summed E-state index contributed by atoms with van der Waals surface area (Å²) >= 11 is 0. The zero-order chi connectivity index (χ0) is 12.8. The van der Waals surface area contributed by atoms with Crippen molar-refractivity contribution in [2.45, 2.75) is 13.5 Å². The van der Waals surface area contributed by atoms with E-state index in [2.05, 4.69) is 9.97 Å². The molecule has 0 unspecified atom stereocenters. The standard InChI is InChI=1S/C13H15N3O2/c1-2-17-11-5-3-4-6-12(11)18-13-9-15-8-10(7-14)16-13/h3-6,8-9H,2,7,14H2,1H3. The highest BCUT2D eigenvalue weighted by molar-refractivity contribution is 5.41. The zero-order valence-corrected chi connectivity index (χ0v) is 10.2. The van der Waals surface area contributed by atoms with Gasteiger partial charge in [-0.15, -0.1) is 0 Å². The number of aromatic nitrogens is 2. The minimum Gasteiger partial charge on any atom is -0.490 e. The molecular formula is C13H15N3O2. The largest absolute Gasteiger partial charge is 0.490 e. The molecule has 2 N–H and O–H groups in total. The van der Waals surface area contributed by atoms with Crippen molar-refractivity contribution in [3.05, 3.63) is 42.4 Å². The van der Waals surface area contributed by atoms with Gasteiger partial charge in [-0.2, -0.15) is 0 Å². The topological polar surface area (TPSA) is 70.3 Å². The molecule has 0 saturated carbocycles. The highest BCUT2D eigenvalue weighted by Gasteiger charge is 2.06. The molecule has 0 radical (unpaired) electrons. The summed E-state index contributed by atoms with van der Waals surface area (Å²) < 4.78 is 11.1. The molecule has 0 bridgehead atoms. The summed E-state index contributed by atoms with van der Waals surface area (Å²) in [6.45, 7) is 2.83. The summed E-state index contributed by atoms with van der Waals surface area (Å²) in [6.07, 6.45) is 3.16. The van der Waals surface area contributed by atoms with Gasteiger partial charge in [-0.05, 0) is 19.1 Å². The molecule has 2 rings (SSSR count). The van der Waals surface area contributed by atoms with Crippen LogP contribution in [-0.4, -0.2) is 16.6 Å². The number of hydrogen-bond acceptors (Lipinski definition) is 5. The highest BCUT2D eigenvalue weighted by atomic mass is 16.5. The lowest BCUT2D eigenvalue weighted by Crippen LogP contribution is -2.02. The predicted octanol–water partition coefficient (Wildman–Crippen LogP) is 2.13. The summed E-state index contributed by atoms with van der Waals surface area (Å²) in [7, 11) is 0. The molecule has 18 heavy (non-hydrogen) atoms. The normalized spacial score (nSPS) is 10.1. The van der Waals surface area contributed by atoms with Crippen LogP contribution in [-0.2, 0) is 6.54 Å². The van der Waals surface area contributed by atoms with Crippen LogP contribution in [0.2, 0.25) is 0 Å². The van der Waals surface area contributed by atoms with Crippen LogP contribution in [0, 0.1) is 0 Å². The fraction of sp³-hybridized carbons (Fsp3) is 0.231. The van der Waals surface area contributed by atoms with Gasteiger partial charge < -0.3 is 15.2 Å². The van der Waals surface area contributed by atoms with Gasteiger partial charge in [0.1, 0.15) is 0 Å². The van der Waals surface area contributed by atoms with E-state index in [0.717, 1.165) is 0 Å². The molecule has 1 aromatic carbocycles. The minimum absolute atomic E-state index is 0.331. The predicted molar refractivity (Wildman–Crippen MR) is 67.6 cm³/mol. The molecule has 1 aromatic heterocycles. The maximum Gasteiger partial charge on any atom is 0.238 e. The quantitative estimate of drug-likeness (QED) is 0.873. The van der Waals surface area contributed by atoms with Crippen LogP contribution in [0.4, 0.5) is 0 Å². The van der Waals surface area contributed by atoms with Gasteiger partial charge >= 0.3 is 0 Å². The number of hydrogen-bond donors (Lipinski definition) is 1. The Morgan fingerprint density at radius 2 is 1.94 bits per heavy atom. The lowest BCUT2D eigenvalue weighted by Gasteiger charge is -2.10. The van der Waals surface area contributed by atoms with Crippen molar-refractivity contribution in [2.24, 2.45) is 5.73 Å². The molecule has 0 aliphatic rings. The molecule has 0 saturated heterocycles. The summed E-state index contributed by atoms with van der Waals surface area (Å²) in [4.78, 5) is 8.24. The van der Waals surface area contributed by atoms with Crippen molar-refractivity contribution in [1.82, 2.24) is 9.97 Å². The van der Waals surface area contributed by atoms with Gasteiger partial charge in [0.15, 0.2) is 11.5 Å². The van der Waals surface area contributed by atoms with Crippen molar-refractivity contribution < 1.29 is 9.47 Å². The second kappa shape index (κ2) is 5.97. The SMILES string of the molecule is CCOc1ccccc1Oc1cncc(CN)n1. The molecular weight excluding hydrogens is 230 g/mol. The minimum atomic E-state index is 0.331. The summed E-state index contributed by atoms with van der Waals surface area (Å²) in [5.41, 5.74) is 6.19. The van der Waals surface area contributed by atoms with Crippen LogP contribution in [0.5, 0.6) is 17.4 Å². The molecule has 1 heterocycles. The second-order valence-electron chi connectivity index (χ2n) is 3.53. The van der Waals surface area contributed by atoms with E-state index in [-0.39, 0.29) is 0 Å². The van der Waals surface area contributed by atoms with Crippen LogP contribution >= 0.6 is 0 Å². The third-order valence-electron chi connectivity index (χ3n) is 2.23. The van der Waals surface area contributed by atoms with Gasteiger partial charge in [0.25, 0.3) is 0 Å². The third-order valence-corrected chi connectivity index (χ3v) is 2.23. The van der Waals surface area contributed by atoms with E-state index in [1.807, 2.05) is 31.2 Å². The third kappa shape index (κ3) is 2.95. The Morgan fingerprint density at radius 1 is 1.17 bits per heavy atom. The van der Waals surface area contributed by atoms with E-state index in [9.17, 15) is 0 Å². The molecule has 0 fully saturated rings. The first-order chi connectivity index (χ1) is 8.83. The molecule has 0 spiro atoms. The Bertz CT molecular complexity index is 517. The molecule has 2 aromatic rings. The molecule has 5 heteroatoms. The van der Waals surface area contributed by atoms with Gasteiger partial charge in [-0.1, -0.05) is 12.1 Å². The van der Waals surface area contributed by atoms with E-state index in [1.165, 1.54) is 0 Å². The molecule has 0 aliphatic carbocycles. The summed E-state index contributed by atoms with van der Waals surface area (Å²) in [5.74, 6) is 1.70. The Labute approximate surface area is 106 Å². The average molecular weight is 245 g/mol. The average Bonchev–Trinajstić information content (AvgIpc) is 2.41. The smallest absolute Gasteiger partial charge is 0.238 e. The number of ether oxygens (including phenoxy) is 2. The lowest BCUT2D eigenvalue weighted by molar-refractivity contribution is 0.319. The monoisotopic (exact) mass is 245 g/mol. The van der Waals surface area contributed by atoms with Crippen LogP contribution < -0.4 is 15.2 Å². The Hall–Kier alpha value is -2.14. The summed E-state index contributed by atoms with van der Waals surface area (Å²) in [5, 5.41) is 0. The van der Waals surface area contributed by atoms with Crippen molar-refractivity contribution in [1.29, 1.82) is 0 Å². The van der Waals surface area contributed by atoms with Crippen LogP contribution in [0.1, 0.15) is 12.6 Å². The van der Waals surface area contributed by atoms with Gasteiger partial charge in [-0.3, -0.25) is 4.98 Å². The van der Waals surface area contributed by atoms with Gasteiger partial charge in [0, 0.05) is 12.7 Å². The van der Waals surface area contributed by atoms with Crippen LogP contribution in [0.25, 0.3) is 0 Å². The van der Waals surface area contributed by atoms with Crippen molar-refractivity contribution in [3.8, 4) is 17.4 Å². The fourth-order valence-electron chi connectivity index (χ4n) is 1.46. The molecule has 0 atom stereocenters. The van der Waals surface area contributed by atoms with Crippen molar-refractivity contribution >= 4 is 0 Å². The zero-order valence-electron chi connectivity index (χ0n) is 10.2. The van der Waals surface area contributed by atoms with E-state index in [0.29, 0.717) is 36.2 Å². The maximum absolute atomic E-state index is 5.65. The maximum atomic E-state index is 5.65. The Balaban J connectivity index is 2.22. The number of para-hydroxylation sites is 2. The molecule has 94 valence electrons.